The summed E-state index contributed by atoms with van der Waals surface area (Å²) in [6.45, 7) is 2.25. The van der Waals surface area contributed by atoms with Crippen LogP contribution in [0.25, 0.3) is 0 Å². The minimum Gasteiger partial charge on any atom is -0.329 e. The number of nitrogens with zero attached hydrogens (tertiary/aromatic N) is 1. The molecule has 4 heteroatoms. The Morgan fingerprint density at radius 3 is 2.33 bits per heavy atom. The van der Waals surface area contributed by atoms with Crippen LogP contribution in [0, 0.1) is 11.6 Å². The van der Waals surface area contributed by atoms with E-state index in [9.17, 15) is 8.78 Å². The van der Waals surface area contributed by atoms with Gasteiger partial charge < -0.3 is 5.73 Å². The van der Waals surface area contributed by atoms with E-state index in [0.29, 0.717) is 12.1 Å². The fourth-order valence-electron chi connectivity index (χ4n) is 2.65. The lowest BCUT2D eigenvalue weighted by molar-refractivity contribution is 0.205. The molecule has 2 rings (SSSR count). The Bertz CT molecular complexity index is 387. The molecule has 1 unspecified atom stereocenters. The first kappa shape index (κ1) is 13.4. The molecule has 0 aromatic heterocycles. The minimum absolute atomic E-state index is 0.135. The number of hydrogen-bond donors (Lipinski definition) is 1. The highest BCUT2D eigenvalue weighted by atomic mass is 19.1. The Hall–Kier alpha value is -1.00. The second-order valence-corrected chi connectivity index (χ2v) is 4.87. The largest absolute Gasteiger partial charge is 0.329 e. The predicted molar refractivity (Wildman–Crippen MR) is 68.2 cm³/mol. The van der Waals surface area contributed by atoms with Crippen molar-refractivity contribution in [3.63, 3.8) is 0 Å². The molecule has 0 amide bonds. The van der Waals surface area contributed by atoms with Crippen molar-refractivity contribution >= 4 is 0 Å². The maximum Gasteiger partial charge on any atom is 0.130 e. The van der Waals surface area contributed by atoms with Crippen molar-refractivity contribution in [2.75, 3.05) is 19.6 Å². The Kier molecular flexibility index (Phi) is 4.66. The quantitative estimate of drug-likeness (QED) is 0.898. The van der Waals surface area contributed by atoms with Crippen LogP contribution in [0.2, 0.25) is 0 Å². The third kappa shape index (κ3) is 3.06. The number of nitrogens with two attached hydrogens (primary N) is 1. The highest BCUT2D eigenvalue weighted by Crippen LogP contribution is 2.25. The SMILES string of the molecule is NCC(c1ccc(F)cc1F)N1CCCCCC1. The first-order valence-electron chi connectivity index (χ1n) is 6.61. The van der Waals surface area contributed by atoms with Gasteiger partial charge in [0.05, 0.1) is 0 Å². The van der Waals surface area contributed by atoms with Gasteiger partial charge in [0, 0.05) is 24.2 Å². The lowest BCUT2D eigenvalue weighted by Gasteiger charge is -2.30. The fourth-order valence-corrected chi connectivity index (χ4v) is 2.65. The zero-order valence-corrected chi connectivity index (χ0v) is 10.5. The number of benzene rings is 1. The fraction of sp³-hybridized carbons (Fsp3) is 0.571. The summed E-state index contributed by atoms with van der Waals surface area (Å²) in [7, 11) is 0. The van der Waals surface area contributed by atoms with Crippen LogP contribution in [0.1, 0.15) is 37.3 Å². The molecule has 0 aliphatic carbocycles. The topological polar surface area (TPSA) is 29.3 Å². The first-order chi connectivity index (χ1) is 8.72. The second-order valence-electron chi connectivity index (χ2n) is 4.87. The lowest BCUT2D eigenvalue weighted by atomic mass is 10.0. The van der Waals surface area contributed by atoms with Gasteiger partial charge in [0.1, 0.15) is 11.6 Å². The van der Waals surface area contributed by atoms with Crippen LogP contribution in [0.5, 0.6) is 0 Å². The van der Waals surface area contributed by atoms with Crippen LogP contribution in [0.15, 0.2) is 18.2 Å². The van der Waals surface area contributed by atoms with E-state index < -0.39 is 11.6 Å². The van der Waals surface area contributed by atoms with Crippen molar-refractivity contribution in [2.24, 2.45) is 5.73 Å². The molecular formula is C14H20F2N2. The van der Waals surface area contributed by atoms with Crippen LogP contribution in [-0.4, -0.2) is 24.5 Å². The van der Waals surface area contributed by atoms with Crippen molar-refractivity contribution in [3.05, 3.63) is 35.4 Å². The van der Waals surface area contributed by atoms with Crippen molar-refractivity contribution in [1.29, 1.82) is 0 Å². The summed E-state index contributed by atoms with van der Waals surface area (Å²) in [6, 6.07) is 3.63. The maximum absolute atomic E-state index is 13.8. The molecule has 2 nitrogen and oxygen atoms in total. The molecule has 1 aromatic rings. The van der Waals surface area contributed by atoms with Gasteiger partial charge in [0.25, 0.3) is 0 Å². The third-order valence-electron chi connectivity index (χ3n) is 3.63. The molecular weight excluding hydrogens is 234 g/mol. The van der Waals surface area contributed by atoms with Gasteiger partial charge in [-0.2, -0.15) is 0 Å². The number of rotatable bonds is 3. The standard InChI is InChI=1S/C14H20F2N2/c15-11-5-6-12(13(16)9-11)14(10-17)18-7-3-1-2-4-8-18/h5-6,9,14H,1-4,7-8,10,17H2. The highest BCUT2D eigenvalue weighted by molar-refractivity contribution is 5.22. The zero-order valence-electron chi connectivity index (χ0n) is 10.5. The van der Waals surface area contributed by atoms with E-state index in [1.165, 1.54) is 25.0 Å². The Morgan fingerprint density at radius 1 is 1.11 bits per heavy atom. The molecule has 1 aliphatic heterocycles. The van der Waals surface area contributed by atoms with E-state index in [-0.39, 0.29) is 6.04 Å². The number of likely N-dealkylation sites (tertiary alicyclic amines) is 1. The maximum atomic E-state index is 13.8. The van der Waals surface area contributed by atoms with E-state index >= 15 is 0 Å². The second kappa shape index (κ2) is 6.25. The molecule has 0 saturated carbocycles. The van der Waals surface area contributed by atoms with Crippen LogP contribution in [0.4, 0.5) is 8.78 Å². The van der Waals surface area contributed by atoms with Crippen molar-refractivity contribution < 1.29 is 8.78 Å². The average molecular weight is 254 g/mol. The molecule has 0 radical (unpaired) electrons. The smallest absolute Gasteiger partial charge is 0.130 e. The van der Waals surface area contributed by atoms with Crippen molar-refractivity contribution in [1.82, 2.24) is 4.90 Å². The molecule has 0 spiro atoms. The van der Waals surface area contributed by atoms with E-state index in [1.807, 2.05) is 0 Å². The summed E-state index contributed by atoms with van der Waals surface area (Å²) in [5.74, 6) is -1.03. The molecule has 1 aromatic carbocycles. The molecule has 100 valence electrons. The number of hydrogen-bond acceptors (Lipinski definition) is 2. The monoisotopic (exact) mass is 254 g/mol. The summed E-state index contributed by atoms with van der Waals surface area (Å²) < 4.78 is 26.8. The first-order valence-corrected chi connectivity index (χ1v) is 6.61. The van der Waals surface area contributed by atoms with Gasteiger partial charge in [-0.1, -0.05) is 18.9 Å². The Labute approximate surface area is 107 Å². The molecule has 0 bridgehead atoms. The highest BCUT2D eigenvalue weighted by Gasteiger charge is 2.22. The minimum atomic E-state index is -0.539. The van der Waals surface area contributed by atoms with Crippen LogP contribution in [0.3, 0.4) is 0 Å². The Balaban J connectivity index is 2.20. The predicted octanol–water partition coefficient (Wildman–Crippen LogP) is 2.84. The summed E-state index contributed by atoms with van der Waals surface area (Å²) >= 11 is 0. The molecule has 1 saturated heterocycles. The van der Waals surface area contributed by atoms with Crippen LogP contribution in [-0.2, 0) is 0 Å². The zero-order chi connectivity index (χ0) is 13.0. The molecule has 1 aliphatic rings. The van der Waals surface area contributed by atoms with E-state index in [1.54, 1.807) is 0 Å². The average Bonchev–Trinajstić information content (AvgIpc) is 2.62. The van der Waals surface area contributed by atoms with E-state index in [2.05, 4.69) is 4.90 Å². The van der Waals surface area contributed by atoms with Crippen LogP contribution >= 0.6 is 0 Å². The number of halogens is 2. The third-order valence-corrected chi connectivity index (χ3v) is 3.63. The normalized spacial score (nSPS) is 19.5. The van der Waals surface area contributed by atoms with Gasteiger partial charge in [-0.15, -0.1) is 0 Å². The van der Waals surface area contributed by atoms with E-state index in [0.717, 1.165) is 32.0 Å². The van der Waals surface area contributed by atoms with Gasteiger partial charge in [0.2, 0.25) is 0 Å². The summed E-state index contributed by atoms with van der Waals surface area (Å²) in [5, 5.41) is 0. The van der Waals surface area contributed by atoms with E-state index in [4.69, 9.17) is 5.73 Å². The molecule has 1 fully saturated rings. The summed E-state index contributed by atoms with van der Waals surface area (Å²) in [4.78, 5) is 2.23. The van der Waals surface area contributed by atoms with Gasteiger partial charge >= 0.3 is 0 Å². The molecule has 1 atom stereocenters. The lowest BCUT2D eigenvalue weighted by Crippen LogP contribution is -2.35. The van der Waals surface area contributed by atoms with Gasteiger partial charge in [0.15, 0.2) is 0 Å². The van der Waals surface area contributed by atoms with Gasteiger partial charge in [-0.3, -0.25) is 4.90 Å². The van der Waals surface area contributed by atoms with Crippen molar-refractivity contribution in [3.8, 4) is 0 Å². The van der Waals surface area contributed by atoms with Gasteiger partial charge in [-0.05, 0) is 32.0 Å². The summed E-state index contributed by atoms with van der Waals surface area (Å²) in [6.07, 6.45) is 4.69. The molecule has 18 heavy (non-hydrogen) atoms. The van der Waals surface area contributed by atoms with Crippen LogP contribution < -0.4 is 5.73 Å². The Morgan fingerprint density at radius 2 is 1.78 bits per heavy atom. The molecule has 2 N–H and O–H groups in total. The molecule has 1 heterocycles. The summed E-state index contributed by atoms with van der Waals surface area (Å²) in [5.41, 5.74) is 6.31. The van der Waals surface area contributed by atoms with Crippen molar-refractivity contribution in [2.45, 2.75) is 31.7 Å². The van der Waals surface area contributed by atoms with Gasteiger partial charge in [-0.25, -0.2) is 8.78 Å².